The lowest BCUT2D eigenvalue weighted by atomic mass is 10.2. The normalized spacial score (nSPS) is 10.9. The highest BCUT2D eigenvalue weighted by Gasteiger charge is 2.07. The van der Waals surface area contributed by atoms with Crippen molar-refractivity contribution in [3.8, 4) is 0 Å². The van der Waals surface area contributed by atoms with Gasteiger partial charge in [0.15, 0.2) is 0 Å². The van der Waals surface area contributed by atoms with Gasteiger partial charge in [0.05, 0.1) is 17.2 Å². The van der Waals surface area contributed by atoms with E-state index in [1.165, 1.54) is 10.9 Å². The van der Waals surface area contributed by atoms with Crippen LogP contribution >= 0.6 is 0 Å². The van der Waals surface area contributed by atoms with E-state index in [1.807, 2.05) is 12.1 Å². The number of fused-ring (bicyclic) bond motifs is 1. The van der Waals surface area contributed by atoms with Crippen LogP contribution in [0.2, 0.25) is 0 Å². The quantitative estimate of drug-likeness (QED) is 0.673. The predicted octanol–water partition coefficient (Wildman–Crippen LogP) is 1.14. The van der Waals surface area contributed by atoms with Crippen LogP contribution in [0, 0.1) is 6.92 Å². The lowest BCUT2D eigenvalue weighted by Crippen LogP contribution is -2.21. The molecule has 2 heterocycles. The summed E-state index contributed by atoms with van der Waals surface area (Å²) in [5.74, 6) is 0.874. The van der Waals surface area contributed by atoms with Gasteiger partial charge < -0.3 is 4.42 Å². The summed E-state index contributed by atoms with van der Waals surface area (Å²) in [5.41, 5.74) is 0.567. The Bertz CT molecular complexity index is 760. The molecule has 18 heavy (non-hydrogen) atoms. The highest BCUT2D eigenvalue weighted by molar-refractivity contribution is 5.76. The minimum atomic E-state index is -0.114. The van der Waals surface area contributed by atoms with Gasteiger partial charge in [-0.3, -0.25) is 9.36 Å². The van der Waals surface area contributed by atoms with Gasteiger partial charge >= 0.3 is 0 Å². The molecule has 2 aromatic heterocycles. The van der Waals surface area contributed by atoms with Gasteiger partial charge in [-0.05, 0) is 12.1 Å². The van der Waals surface area contributed by atoms with Gasteiger partial charge in [-0.25, -0.2) is 4.98 Å². The minimum absolute atomic E-state index is 0.114. The largest absolute Gasteiger partial charge is 0.424 e. The molecule has 0 aliphatic carbocycles. The third-order valence-electron chi connectivity index (χ3n) is 2.61. The van der Waals surface area contributed by atoms with E-state index in [0.717, 1.165) is 0 Å². The first-order valence-corrected chi connectivity index (χ1v) is 5.47. The number of benzene rings is 1. The third-order valence-corrected chi connectivity index (χ3v) is 2.61. The topological polar surface area (TPSA) is 73.8 Å². The second kappa shape index (κ2) is 4.06. The van der Waals surface area contributed by atoms with Crippen LogP contribution in [0.25, 0.3) is 10.9 Å². The molecule has 0 unspecified atom stereocenters. The maximum absolute atomic E-state index is 12.2. The van der Waals surface area contributed by atoms with Gasteiger partial charge in [-0.1, -0.05) is 12.1 Å². The number of rotatable bonds is 2. The van der Waals surface area contributed by atoms with Gasteiger partial charge in [-0.15, -0.1) is 10.2 Å². The molecular weight excluding hydrogens is 232 g/mol. The molecule has 6 nitrogen and oxygen atoms in total. The van der Waals surface area contributed by atoms with Crippen molar-refractivity contribution in [2.24, 2.45) is 0 Å². The zero-order valence-corrected chi connectivity index (χ0v) is 9.70. The Hall–Kier alpha value is -2.50. The molecule has 3 aromatic rings. The zero-order chi connectivity index (χ0) is 12.5. The SMILES string of the molecule is Cc1nnc(Cn2cnc3ccccc3c2=O)o1. The molecule has 0 bridgehead atoms. The summed E-state index contributed by atoms with van der Waals surface area (Å²) >= 11 is 0. The first-order valence-electron chi connectivity index (χ1n) is 5.47. The molecule has 0 atom stereocenters. The van der Waals surface area contributed by atoms with E-state index in [-0.39, 0.29) is 12.1 Å². The van der Waals surface area contributed by atoms with Crippen molar-refractivity contribution in [1.29, 1.82) is 0 Å². The van der Waals surface area contributed by atoms with Crippen LogP contribution in [0.1, 0.15) is 11.8 Å². The summed E-state index contributed by atoms with van der Waals surface area (Å²) in [5, 5.41) is 8.16. The Balaban J connectivity index is 2.08. The molecule has 0 amide bonds. The first kappa shape index (κ1) is 10.6. The fraction of sp³-hybridized carbons (Fsp3) is 0.167. The maximum atomic E-state index is 12.2. The second-order valence-corrected chi connectivity index (χ2v) is 3.91. The number of hydrogen-bond acceptors (Lipinski definition) is 5. The van der Waals surface area contributed by atoms with Crippen molar-refractivity contribution < 1.29 is 4.42 Å². The zero-order valence-electron chi connectivity index (χ0n) is 9.70. The summed E-state index contributed by atoms with van der Waals surface area (Å²) in [4.78, 5) is 16.4. The van der Waals surface area contributed by atoms with Crippen LogP contribution in [0.5, 0.6) is 0 Å². The number of nitrogens with zero attached hydrogens (tertiary/aromatic N) is 4. The van der Waals surface area contributed by atoms with Crippen molar-refractivity contribution in [1.82, 2.24) is 19.7 Å². The second-order valence-electron chi connectivity index (χ2n) is 3.91. The molecule has 0 N–H and O–H groups in total. The van der Waals surface area contributed by atoms with Crippen LogP contribution in [0.4, 0.5) is 0 Å². The van der Waals surface area contributed by atoms with Crippen molar-refractivity contribution in [3.63, 3.8) is 0 Å². The highest BCUT2D eigenvalue weighted by Crippen LogP contribution is 2.06. The van der Waals surface area contributed by atoms with Crippen LogP contribution in [-0.2, 0) is 6.54 Å². The smallest absolute Gasteiger partial charge is 0.261 e. The molecule has 0 saturated heterocycles. The lowest BCUT2D eigenvalue weighted by Gasteiger charge is -2.03. The standard InChI is InChI=1S/C12H10N4O2/c1-8-14-15-11(18-8)6-16-7-13-10-5-3-2-4-9(10)12(16)17/h2-5,7H,6H2,1H3. The van der Waals surface area contributed by atoms with Crippen molar-refractivity contribution in [2.45, 2.75) is 13.5 Å². The van der Waals surface area contributed by atoms with E-state index in [9.17, 15) is 4.79 Å². The lowest BCUT2D eigenvalue weighted by molar-refractivity contribution is 0.451. The Morgan fingerprint density at radius 2 is 2.11 bits per heavy atom. The number of aryl methyl sites for hydroxylation is 1. The van der Waals surface area contributed by atoms with E-state index in [1.54, 1.807) is 19.1 Å². The summed E-state index contributed by atoms with van der Waals surface area (Å²) in [7, 11) is 0. The van der Waals surface area contributed by atoms with Crippen LogP contribution in [0.15, 0.2) is 39.8 Å². The molecule has 0 aliphatic heterocycles. The van der Waals surface area contributed by atoms with Crippen molar-refractivity contribution >= 4 is 10.9 Å². The average Bonchev–Trinajstić information content (AvgIpc) is 2.79. The molecule has 1 aromatic carbocycles. The van der Waals surface area contributed by atoms with E-state index in [4.69, 9.17) is 4.42 Å². The van der Waals surface area contributed by atoms with Crippen molar-refractivity contribution in [2.75, 3.05) is 0 Å². The monoisotopic (exact) mass is 242 g/mol. The Morgan fingerprint density at radius 3 is 2.89 bits per heavy atom. The molecule has 0 saturated carbocycles. The van der Waals surface area contributed by atoms with Gasteiger partial charge in [0, 0.05) is 6.92 Å². The highest BCUT2D eigenvalue weighted by atomic mass is 16.4. The molecule has 0 spiro atoms. The molecular formula is C12H10N4O2. The number of aromatic nitrogens is 4. The molecule has 6 heteroatoms. The van der Waals surface area contributed by atoms with E-state index >= 15 is 0 Å². The van der Waals surface area contributed by atoms with Crippen LogP contribution < -0.4 is 5.56 Å². The summed E-state index contributed by atoms with van der Waals surface area (Å²) in [6.45, 7) is 1.94. The fourth-order valence-electron chi connectivity index (χ4n) is 1.77. The Labute approximate surface area is 102 Å². The number of hydrogen-bond donors (Lipinski definition) is 0. The van der Waals surface area contributed by atoms with Crippen LogP contribution in [0.3, 0.4) is 0 Å². The molecule has 0 radical (unpaired) electrons. The van der Waals surface area contributed by atoms with E-state index < -0.39 is 0 Å². The predicted molar refractivity (Wildman–Crippen MR) is 64.1 cm³/mol. The van der Waals surface area contributed by atoms with Gasteiger partial charge in [0.2, 0.25) is 11.8 Å². The van der Waals surface area contributed by atoms with Gasteiger partial charge in [-0.2, -0.15) is 0 Å². The Kier molecular flexibility index (Phi) is 2.40. The maximum Gasteiger partial charge on any atom is 0.261 e. The fourth-order valence-corrected chi connectivity index (χ4v) is 1.77. The molecule has 90 valence electrons. The summed E-state index contributed by atoms with van der Waals surface area (Å²) in [6, 6.07) is 7.21. The first-order chi connectivity index (χ1) is 8.74. The Morgan fingerprint density at radius 1 is 1.28 bits per heavy atom. The summed E-state index contributed by atoms with van der Waals surface area (Å²) < 4.78 is 6.70. The molecule has 0 aliphatic rings. The number of para-hydroxylation sites is 1. The van der Waals surface area contributed by atoms with E-state index in [0.29, 0.717) is 22.7 Å². The van der Waals surface area contributed by atoms with Crippen molar-refractivity contribution in [3.05, 3.63) is 52.7 Å². The van der Waals surface area contributed by atoms with Gasteiger partial charge in [0.25, 0.3) is 5.56 Å². The third kappa shape index (κ3) is 1.77. The molecule has 3 rings (SSSR count). The average molecular weight is 242 g/mol. The summed E-state index contributed by atoms with van der Waals surface area (Å²) in [6.07, 6.45) is 1.49. The van der Waals surface area contributed by atoms with Crippen LogP contribution in [-0.4, -0.2) is 19.7 Å². The van der Waals surface area contributed by atoms with E-state index in [2.05, 4.69) is 15.2 Å². The molecule has 0 fully saturated rings. The van der Waals surface area contributed by atoms with Gasteiger partial charge in [0.1, 0.15) is 6.54 Å². The minimum Gasteiger partial charge on any atom is -0.424 e.